The summed E-state index contributed by atoms with van der Waals surface area (Å²) in [4.78, 5) is 29.4. The Morgan fingerprint density at radius 1 is 1.38 bits per heavy atom. The Bertz CT molecular complexity index is 545. The quantitative estimate of drug-likeness (QED) is 0.892. The minimum atomic E-state index is -0.356. The third-order valence-corrected chi connectivity index (χ3v) is 4.60. The van der Waals surface area contributed by atoms with E-state index in [0.29, 0.717) is 11.7 Å². The molecule has 0 radical (unpaired) electrons. The van der Waals surface area contributed by atoms with Gasteiger partial charge in [0.2, 0.25) is 11.8 Å². The molecule has 0 aliphatic carbocycles. The van der Waals surface area contributed by atoms with Gasteiger partial charge in [0.1, 0.15) is 5.25 Å². The van der Waals surface area contributed by atoms with Crippen molar-refractivity contribution in [3.8, 4) is 0 Å². The van der Waals surface area contributed by atoms with Gasteiger partial charge in [-0.05, 0) is 12.0 Å². The first-order valence-electron chi connectivity index (χ1n) is 6.83. The summed E-state index contributed by atoms with van der Waals surface area (Å²) < 4.78 is 0. The van der Waals surface area contributed by atoms with E-state index in [1.165, 1.54) is 22.2 Å². The standard InChI is InChI=1S/C15H19N3O2S/c1-16-15-18(2)14(20)12(21-15)10-13(19)17-9-8-11-6-4-3-5-7-11/h3-7,12H,8-10H2,1-2H3,(H,17,19)/t12-/m1/s1. The molecule has 2 rings (SSSR count). The molecule has 1 saturated heterocycles. The number of hydrogen-bond acceptors (Lipinski definition) is 4. The summed E-state index contributed by atoms with van der Waals surface area (Å²) in [6.07, 6.45) is 0.988. The molecule has 1 aromatic carbocycles. The van der Waals surface area contributed by atoms with Gasteiger partial charge >= 0.3 is 0 Å². The predicted octanol–water partition coefficient (Wildman–Crippen LogP) is 1.29. The van der Waals surface area contributed by atoms with Gasteiger partial charge in [-0.3, -0.25) is 19.5 Å². The number of amidine groups is 1. The maximum atomic E-state index is 11.9. The van der Waals surface area contributed by atoms with E-state index < -0.39 is 0 Å². The summed E-state index contributed by atoms with van der Waals surface area (Å²) in [5.74, 6) is -0.152. The molecule has 21 heavy (non-hydrogen) atoms. The highest BCUT2D eigenvalue weighted by atomic mass is 32.2. The first kappa shape index (κ1) is 15.6. The molecule has 0 aromatic heterocycles. The normalized spacial score (nSPS) is 20.1. The predicted molar refractivity (Wildman–Crippen MR) is 85.3 cm³/mol. The maximum absolute atomic E-state index is 11.9. The van der Waals surface area contributed by atoms with E-state index in [0.717, 1.165) is 6.42 Å². The Kier molecular flexibility index (Phi) is 5.38. The summed E-state index contributed by atoms with van der Waals surface area (Å²) in [6.45, 7) is 0.582. The highest BCUT2D eigenvalue weighted by molar-refractivity contribution is 8.15. The van der Waals surface area contributed by atoms with E-state index in [4.69, 9.17) is 0 Å². The minimum absolute atomic E-state index is 0.0567. The van der Waals surface area contributed by atoms with Gasteiger partial charge in [0.05, 0.1) is 0 Å². The van der Waals surface area contributed by atoms with Crippen molar-refractivity contribution in [1.82, 2.24) is 10.2 Å². The third kappa shape index (κ3) is 4.07. The fourth-order valence-electron chi connectivity index (χ4n) is 2.13. The molecule has 112 valence electrons. The monoisotopic (exact) mass is 305 g/mol. The van der Waals surface area contributed by atoms with Gasteiger partial charge in [-0.2, -0.15) is 0 Å². The van der Waals surface area contributed by atoms with Crippen LogP contribution in [0.2, 0.25) is 0 Å². The summed E-state index contributed by atoms with van der Waals surface area (Å²) in [6, 6.07) is 9.98. The average molecular weight is 305 g/mol. The maximum Gasteiger partial charge on any atom is 0.242 e. The Morgan fingerprint density at radius 3 is 2.71 bits per heavy atom. The molecule has 1 heterocycles. The Labute approximate surface area is 128 Å². The summed E-state index contributed by atoms with van der Waals surface area (Å²) in [5, 5.41) is 3.18. The number of amides is 2. The van der Waals surface area contributed by atoms with Gasteiger partial charge in [0.15, 0.2) is 5.17 Å². The van der Waals surface area contributed by atoms with Crippen molar-refractivity contribution < 1.29 is 9.59 Å². The molecule has 0 unspecified atom stereocenters. The molecule has 0 spiro atoms. The van der Waals surface area contributed by atoms with Gasteiger partial charge in [-0.15, -0.1) is 0 Å². The van der Waals surface area contributed by atoms with Crippen LogP contribution in [0.1, 0.15) is 12.0 Å². The van der Waals surface area contributed by atoms with Crippen molar-refractivity contribution in [1.29, 1.82) is 0 Å². The Balaban J connectivity index is 1.76. The number of hydrogen-bond donors (Lipinski definition) is 1. The van der Waals surface area contributed by atoms with Crippen LogP contribution in [-0.4, -0.2) is 47.8 Å². The lowest BCUT2D eigenvalue weighted by molar-refractivity contribution is -0.128. The molecular weight excluding hydrogens is 286 g/mol. The summed E-state index contributed by atoms with van der Waals surface area (Å²) >= 11 is 1.35. The molecule has 1 N–H and O–H groups in total. The highest BCUT2D eigenvalue weighted by Gasteiger charge is 2.36. The molecule has 0 saturated carbocycles. The number of carbonyl (C=O) groups excluding carboxylic acids is 2. The highest BCUT2D eigenvalue weighted by Crippen LogP contribution is 2.27. The number of thioether (sulfide) groups is 1. The number of nitrogens with one attached hydrogen (secondary N) is 1. The molecular formula is C15H19N3O2S. The molecule has 1 atom stereocenters. The van der Waals surface area contributed by atoms with Gasteiger partial charge in [-0.1, -0.05) is 42.1 Å². The third-order valence-electron chi connectivity index (χ3n) is 3.28. The lowest BCUT2D eigenvalue weighted by Crippen LogP contribution is -2.33. The summed E-state index contributed by atoms with van der Waals surface area (Å²) in [7, 11) is 3.33. The van der Waals surface area contributed by atoms with Crippen LogP contribution in [0, 0.1) is 0 Å². The van der Waals surface area contributed by atoms with Gasteiger partial charge in [0, 0.05) is 27.1 Å². The van der Waals surface area contributed by atoms with E-state index >= 15 is 0 Å². The van der Waals surface area contributed by atoms with E-state index in [9.17, 15) is 9.59 Å². The van der Waals surface area contributed by atoms with Crippen LogP contribution >= 0.6 is 11.8 Å². The fourth-order valence-corrected chi connectivity index (χ4v) is 3.23. The molecule has 1 aliphatic heterocycles. The van der Waals surface area contributed by atoms with Crippen LogP contribution in [-0.2, 0) is 16.0 Å². The van der Waals surface area contributed by atoms with E-state index in [1.807, 2.05) is 30.3 Å². The van der Waals surface area contributed by atoms with Crippen LogP contribution < -0.4 is 5.32 Å². The van der Waals surface area contributed by atoms with Crippen molar-refractivity contribution in [2.45, 2.75) is 18.1 Å². The molecule has 6 heteroatoms. The summed E-state index contributed by atoms with van der Waals surface area (Å²) in [5.41, 5.74) is 1.18. The van der Waals surface area contributed by atoms with Crippen molar-refractivity contribution in [2.24, 2.45) is 4.99 Å². The first-order chi connectivity index (χ1) is 10.1. The SMILES string of the molecule is CN=C1S[C@H](CC(=O)NCCc2ccccc2)C(=O)N1C. The molecule has 5 nitrogen and oxygen atoms in total. The van der Waals surface area contributed by atoms with Gasteiger partial charge in [-0.25, -0.2) is 0 Å². The van der Waals surface area contributed by atoms with Crippen molar-refractivity contribution in [2.75, 3.05) is 20.6 Å². The lowest BCUT2D eigenvalue weighted by Gasteiger charge is -2.09. The minimum Gasteiger partial charge on any atom is -0.356 e. The zero-order chi connectivity index (χ0) is 15.2. The number of nitrogens with zero attached hydrogens (tertiary/aromatic N) is 2. The van der Waals surface area contributed by atoms with Gasteiger partial charge < -0.3 is 5.32 Å². The zero-order valence-electron chi connectivity index (χ0n) is 12.2. The van der Waals surface area contributed by atoms with Crippen LogP contribution in [0.25, 0.3) is 0 Å². The number of benzene rings is 1. The number of aliphatic imine (C=N–C) groups is 1. The van der Waals surface area contributed by atoms with Crippen molar-refractivity contribution in [3.63, 3.8) is 0 Å². The molecule has 1 aliphatic rings. The first-order valence-corrected chi connectivity index (χ1v) is 7.71. The van der Waals surface area contributed by atoms with Crippen LogP contribution in [0.15, 0.2) is 35.3 Å². The lowest BCUT2D eigenvalue weighted by atomic mass is 10.1. The van der Waals surface area contributed by atoms with Crippen molar-refractivity contribution in [3.05, 3.63) is 35.9 Å². The fraction of sp³-hybridized carbons (Fsp3) is 0.400. The molecule has 2 amide bonds. The zero-order valence-corrected chi connectivity index (χ0v) is 13.0. The molecule has 1 fully saturated rings. The molecule has 1 aromatic rings. The largest absolute Gasteiger partial charge is 0.356 e. The van der Waals surface area contributed by atoms with Crippen molar-refractivity contribution >= 4 is 28.7 Å². The topological polar surface area (TPSA) is 61.8 Å². The van der Waals surface area contributed by atoms with Gasteiger partial charge in [0.25, 0.3) is 0 Å². The van der Waals surface area contributed by atoms with E-state index in [2.05, 4.69) is 10.3 Å². The Hall–Kier alpha value is -1.82. The second-order valence-electron chi connectivity index (χ2n) is 4.80. The number of rotatable bonds is 5. The van der Waals surface area contributed by atoms with E-state index in [-0.39, 0.29) is 23.5 Å². The van der Waals surface area contributed by atoms with Crippen LogP contribution in [0.3, 0.4) is 0 Å². The second-order valence-corrected chi connectivity index (χ2v) is 5.97. The van der Waals surface area contributed by atoms with E-state index in [1.54, 1.807) is 14.1 Å². The smallest absolute Gasteiger partial charge is 0.242 e. The second kappa shape index (κ2) is 7.26. The number of carbonyl (C=O) groups is 2. The average Bonchev–Trinajstić information content (AvgIpc) is 2.76. The van der Waals surface area contributed by atoms with Crippen LogP contribution in [0.5, 0.6) is 0 Å². The molecule has 0 bridgehead atoms. The van der Waals surface area contributed by atoms with Crippen LogP contribution in [0.4, 0.5) is 0 Å². The Morgan fingerprint density at radius 2 is 2.10 bits per heavy atom.